The normalized spacial score (nSPS) is 20.5. The molecule has 1 atom stereocenters. The molecule has 32 heavy (non-hydrogen) atoms. The summed E-state index contributed by atoms with van der Waals surface area (Å²) in [6.45, 7) is 3.81. The Morgan fingerprint density at radius 1 is 1.03 bits per heavy atom. The van der Waals surface area contributed by atoms with E-state index in [1.165, 1.54) is 18.4 Å². The third-order valence-corrected chi connectivity index (χ3v) is 8.15. The fraction of sp³-hybridized carbons (Fsp3) is 0.440. The van der Waals surface area contributed by atoms with E-state index >= 15 is 0 Å². The van der Waals surface area contributed by atoms with Crippen LogP contribution in [0.1, 0.15) is 53.7 Å². The van der Waals surface area contributed by atoms with E-state index in [-0.39, 0.29) is 5.82 Å². The van der Waals surface area contributed by atoms with E-state index in [2.05, 4.69) is 61.0 Å². The molecule has 3 aromatic rings. The van der Waals surface area contributed by atoms with Crippen LogP contribution < -0.4 is 4.90 Å². The van der Waals surface area contributed by atoms with Crippen molar-refractivity contribution in [2.24, 2.45) is 0 Å². The van der Waals surface area contributed by atoms with E-state index in [1.54, 1.807) is 6.07 Å². The molecule has 2 aliphatic rings. The maximum Gasteiger partial charge on any atom is 0.128 e. The van der Waals surface area contributed by atoms with E-state index in [0.29, 0.717) is 11.2 Å². The highest BCUT2D eigenvalue weighted by Crippen LogP contribution is 2.39. The number of halogens is 1. The van der Waals surface area contributed by atoms with Crippen molar-refractivity contribution in [1.29, 1.82) is 0 Å². The van der Waals surface area contributed by atoms with Crippen LogP contribution in [0.4, 0.5) is 10.1 Å². The van der Waals surface area contributed by atoms with Crippen LogP contribution in [0, 0.1) is 5.82 Å². The van der Waals surface area contributed by atoms with Crippen molar-refractivity contribution in [3.05, 3.63) is 77.4 Å². The predicted octanol–water partition coefficient (Wildman–Crippen LogP) is 5.36. The maximum atomic E-state index is 14.9. The Balaban J connectivity index is 1.15. The number of rotatable bonds is 6. The molecule has 0 spiro atoms. The van der Waals surface area contributed by atoms with Crippen LogP contribution in [-0.2, 0) is 6.42 Å². The quantitative estimate of drug-likeness (QED) is 0.512. The molecular formula is C25H30FN5S. The monoisotopic (exact) mass is 451 g/mol. The lowest BCUT2D eigenvalue weighted by Gasteiger charge is -2.33. The van der Waals surface area contributed by atoms with Crippen LogP contribution in [0.5, 0.6) is 0 Å². The maximum absolute atomic E-state index is 14.9. The summed E-state index contributed by atoms with van der Waals surface area (Å²) in [7, 11) is 0. The zero-order chi connectivity index (χ0) is 21.8. The minimum absolute atomic E-state index is 0.0796. The largest absolute Gasteiger partial charge is 0.371 e. The van der Waals surface area contributed by atoms with E-state index in [4.69, 9.17) is 0 Å². The Bertz CT molecular complexity index is 989. The molecule has 0 aliphatic carbocycles. The molecule has 1 aromatic heterocycles. The van der Waals surface area contributed by atoms with Crippen molar-refractivity contribution in [3.8, 4) is 0 Å². The number of aromatic nitrogens is 3. The zero-order valence-electron chi connectivity index (χ0n) is 18.3. The molecule has 2 saturated heterocycles. The van der Waals surface area contributed by atoms with Crippen LogP contribution in [-0.4, -0.2) is 45.9 Å². The molecule has 2 aliphatic heterocycles. The molecule has 168 valence electrons. The Morgan fingerprint density at radius 3 is 2.62 bits per heavy atom. The number of piperidine rings is 1. The molecule has 0 amide bonds. The van der Waals surface area contributed by atoms with Gasteiger partial charge < -0.3 is 4.90 Å². The van der Waals surface area contributed by atoms with Gasteiger partial charge in [0.25, 0.3) is 0 Å². The van der Waals surface area contributed by atoms with Crippen molar-refractivity contribution >= 4 is 17.6 Å². The highest BCUT2D eigenvalue weighted by molar-refractivity contribution is 7.97. The SMILES string of the molecule is Fc1cc(N2CCC(c3cnn[nH]3)CC2)ccc1CCN1CCCC(c2ccccc2)S1. The number of nitrogens with zero attached hydrogens (tertiary/aromatic N) is 4. The van der Waals surface area contributed by atoms with Crippen molar-refractivity contribution in [2.45, 2.75) is 43.3 Å². The Labute approximate surface area is 193 Å². The van der Waals surface area contributed by atoms with Crippen LogP contribution in [0.3, 0.4) is 0 Å². The van der Waals surface area contributed by atoms with Crippen molar-refractivity contribution in [1.82, 2.24) is 19.7 Å². The van der Waals surface area contributed by atoms with Gasteiger partial charge in [-0.1, -0.05) is 53.6 Å². The molecule has 2 aromatic carbocycles. The number of anilines is 1. The summed E-state index contributed by atoms with van der Waals surface area (Å²) >= 11 is 1.93. The number of H-pyrrole nitrogens is 1. The lowest BCUT2D eigenvalue weighted by Crippen LogP contribution is -2.33. The summed E-state index contributed by atoms with van der Waals surface area (Å²) in [5, 5.41) is 11.2. The second-order valence-electron chi connectivity index (χ2n) is 8.77. The number of benzene rings is 2. The van der Waals surface area contributed by atoms with Crippen molar-refractivity contribution in [2.75, 3.05) is 31.1 Å². The molecular weight excluding hydrogens is 421 g/mol. The summed E-state index contributed by atoms with van der Waals surface area (Å²) in [6.07, 6.45) is 7.03. The second kappa shape index (κ2) is 10.0. The second-order valence-corrected chi connectivity index (χ2v) is 10.1. The molecule has 1 unspecified atom stereocenters. The zero-order valence-corrected chi connectivity index (χ0v) is 19.1. The smallest absolute Gasteiger partial charge is 0.128 e. The minimum Gasteiger partial charge on any atom is -0.371 e. The molecule has 2 fully saturated rings. The lowest BCUT2D eigenvalue weighted by molar-refractivity contribution is 0.424. The van der Waals surface area contributed by atoms with Crippen LogP contribution >= 0.6 is 11.9 Å². The highest BCUT2D eigenvalue weighted by atomic mass is 32.2. The fourth-order valence-electron chi connectivity index (χ4n) is 4.83. The van der Waals surface area contributed by atoms with Gasteiger partial charge in [-0.25, -0.2) is 8.70 Å². The summed E-state index contributed by atoms with van der Waals surface area (Å²) in [5.74, 6) is 0.385. The van der Waals surface area contributed by atoms with Crippen LogP contribution in [0.2, 0.25) is 0 Å². The highest BCUT2D eigenvalue weighted by Gasteiger charge is 2.24. The average molecular weight is 452 g/mol. The molecule has 7 heteroatoms. The minimum atomic E-state index is -0.0796. The fourth-order valence-corrected chi connectivity index (χ4v) is 6.17. The lowest BCUT2D eigenvalue weighted by atomic mass is 9.93. The topological polar surface area (TPSA) is 48.1 Å². The molecule has 3 heterocycles. The first-order chi connectivity index (χ1) is 15.8. The van der Waals surface area contributed by atoms with Gasteiger partial charge in [0.15, 0.2) is 0 Å². The van der Waals surface area contributed by atoms with Crippen LogP contribution in [0.25, 0.3) is 0 Å². The third-order valence-electron chi connectivity index (χ3n) is 6.72. The molecule has 0 saturated carbocycles. The first kappa shape index (κ1) is 21.5. The summed E-state index contributed by atoms with van der Waals surface area (Å²) in [5.41, 5.74) is 4.31. The number of hydrogen-bond donors (Lipinski definition) is 1. The third kappa shape index (κ3) is 4.99. The van der Waals surface area contributed by atoms with Gasteiger partial charge in [-0.3, -0.25) is 5.10 Å². The van der Waals surface area contributed by atoms with Crippen molar-refractivity contribution in [3.63, 3.8) is 0 Å². The molecule has 5 nitrogen and oxygen atoms in total. The van der Waals surface area contributed by atoms with Gasteiger partial charge in [-0.05, 0) is 55.4 Å². The summed E-state index contributed by atoms with van der Waals surface area (Å²) < 4.78 is 17.3. The van der Waals surface area contributed by atoms with Gasteiger partial charge in [0.05, 0.1) is 11.9 Å². The van der Waals surface area contributed by atoms with E-state index in [9.17, 15) is 4.39 Å². The Morgan fingerprint density at radius 2 is 1.88 bits per heavy atom. The van der Waals surface area contributed by atoms with Gasteiger partial charge in [0.1, 0.15) is 5.82 Å². The summed E-state index contributed by atoms with van der Waals surface area (Å²) in [4.78, 5) is 2.29. The molecule has 0 bridgehead atoms. The molecule has 0 radical (unpaired) electrons. The van der Waals surface area contributed by atoms with Gasteiger partial charge >= 0.3 is 0 Å². The van der Waals surface area contributed by atoms with Gasteiger partial charge in [0.2, 0.25) is 0 Å². The summed E-state index contributed by atoms with van der Waals surface area (Å²) in [6, 6.07) is 16.5. The van der Waals surface area contributed by atoms with Gasteiger partial charge in [-0.15, -0.1) is 5.10 Å². The Hall–Kier alpha value is -2.38. The van der Waals surface area contributed by atoms with E-state index in [1.807, 2.05) is 24.2 Å². The molecule has 1 N–H and O–H groups in total. The average Bonchev–Trinajstić information content (AvgIpc) is 3.39. The molecule has 5 rings (SSSR count). The van der Waals surface area contributed by atoms with Gasteiger partial charge in [0, 0.05) is 43.0 Å². The number of aromatic amines is 1. The first-order valence-electron chi connectivity index (χ1n) is 11.6. The standard InChI is InChI=1S/C25H30FN5S/c26-23-17-22(30-14-10-20(11-15-30)24-18-27-29-28-24)9-8-19(23)12-16-31-13-4-7-25(32-31)21-5-2-1-3-6-21/h1-3,5-6,8-9,17-18,20,25H,4,7,10-16H2,(H,27,28,29). The first-order valence-corrected chi connectivity index (χ1v) is 12.5. The van der Waals surface area contributed by atoms with E-state index < -0.39 is 0 Å². The van der Waals surface area contributed by atoms with Crippen molar-refractivity contribution < 1.29 is 4.39 Å². The van der Waals surface area contributed by atoms with Gasteiger partial charge in [-0.2, -0.15) is 0 Å². The number of hydrogen-bond acceptors (Lipinski definition) is 5. The van der Waals surface area contributed by atoms with Crippen LogP contribution in [0.15, 0.2) is 54.7 Å². The predicted molar refractivity (Wildman–Crippen MR) is 128 cm³/mol. The number of nitrogens with one attached hydrogen (secondary N) is 1. The Kier molecular flexibility index (Phi) is 6.74. The van der Waals surface area contributed by atoms with E-state index in [0.717, 1.165) is 62.4 Å².